The minimum atomic E-state index is -0.267. The molecule has 1 amide bonds. The number of nitrogens with zero attached hydrogens (tertiary/aromatic N) is 1. The summed E-state index contributed by atoms with van der Waals surface area (Å²) < 4.78 is 14.4. The van der Waals surface area contributed by atoms with E-state index in [1.54, 1.807) is 6.07 Å². The summed E-state index contributed by atoms with van der Waals surface area (Å²) in [4.78, 5) is 19.4. The van der Waals surface area contributed by atoms with E-state index in [0.717, 1.165) is 34.9 Å². The van der Waals surface area contributed by atoms with E-state index in [1.807, 2.05) is 18.3 Å². The molecule has 0 unspecified atom stereocenters. The summed E-state index contributed by atoms with van der Waals surface area (Å²) in [7, 11) is 0. The molecule has 1 N–H and O–H groups in total. The van der Waals surface area contributed by atoms with Crippen molar-refractivity contribution >= 4 is 38.7 Å². The average Bonchev–Trinajstić information content (AvgIpc) is 3.19. The first-order chi connectivity index (χ1) is 12.6. The minimum Gasteiger partial charge on any atom is -0.351 e. The first-order valence-electron chi connectivity index (χ1n) is 9.06. The molecule has 1 aliphatic rings. The number of fused-ring (bicyclic) bond motifs is 2. The predicted molar refractivity (Wildman–Crippen MR) is 106 cm³/mol. The van der Waals surface area contributed by atoms with Crippen LogP contribution in [0, 0.1) is 12.7 Å². The number of carbonyl (C=O) groups excluding carboxylic acids is 1. The summed E-state index contributed by atoms with van der Waals surface area (Å²) in [5.41, 5.74) is 2.16. The van der Waals surface area contributed by atoms with Crippen LogP contribution in [0.15, 0.2) is 18.2 Å². The van der Waals surface area contributed by atoms with Crippen LogP contribution in [0.2, 0.25) is 0 Å². The molecule has 3 nitrogen and oxygen atoms in total. The molecule has 6 heteroatoms. The van der Waals surface area contributed by atoms with Crippen LogP contribution >= 0.6 is 22.7 Å². The van der Waals surface area contributed by atoms with Gasteiger partial charge in [-0.1, -0.05) is 0 Å². The quantitative estimate of drug-likeness (QED) is 0.622. The van der Waals surface area contributed by atoms with Gasteiger partial charge >= 0.3 is 0 Å². The van der Waals surface area contributed by atoms with Gasteiger partial charge in [-0.2, -0.15) is 0 Å². The molecule has 0 radical (unpaired) electrons. The lowest BCUT2D eigenvalue weighted by molar-refractivity contribution is 0.0957. The highest BCUT2D eigenvalue weighted by molar-refractivity contribution is 7.21. The number of hydrogen-bond donors (Lipinski definition) is 1. The first-order valence-corrected chi connectivity index (χ1v) is 10.7. The number of hydrogen-bond acceptors (Lipinski definition) is 4. The van der Waals surface area contributed by atoms with Gasteiger partial charge in [-0.3, -0.25) is 4.79 Å². The number of aromatic nitrogens is 1. The molecule has 26 heavy (non-hydrogen) atoms. The Balaban J connectivity index is 1.34. The molecular weight excluding hydrogens is 367 g/mol. The zero-order valence-electron chi connectivity index (χ0n) is 14.7. The van der Waals surface area contributed by atoms with E-state index in [0.29, 0.717) is 11.4 Å². The Hall–Kier alpha value is -1.79. The fourth-order valence-corrected chi connectivity index (χ4v) is 5.75. The molecule has 1 aromatic carbocycles. The van der Waals surface area contributed by atoms with E-state index in [4.69, 9.17) is 4.98 Å². The number of thiophene rings is 1. The van der Waals surface area contributed by atoms with Gasteiger partial charge in [0.25, 0.3) is 5.91 Å². The van der Waals surface area contributed by atoms with Gasteiger partial charge in [0.15, 0.2) is 0 Å². The predicted octanol–water partition coefficient (Wildman–Crippen LogP) is 5.05. The third-order valence-corrected chi connectivity index (χ3v) is 7.34. The number of carbonyl (C=O) groups is 1. The Morgan fingerprint density at radius 3 is 2.96 bits per heavy atom. The van der Waals surface area contributed by atoms with Gasteiger partial charge in [0, 0.05) is 22.5 Å². The van der Waals surface area contributed by atoms with Crippen molar-refractivity contribution in [2.45, 2.75) is 45.4 Å². The van der Waals surface area contributed by atoms with E-state index in [9.17, 15) is 9.18 Å². The smallest absolute Gasteiger partial charge is 0.261 e. The van der Waals surface area contributed by atoms with E-state index >= 15 is 0 Å². The maximum Gasteiger partial charge on any atom is 0.261 e. The molecular formula is C20H21FN2OS2. The van der Waals surface area contributed by atoms with Crippen LogP contribution in [0.5, 0.6) is 0 Å². The second-order valence-electron chi connectivity index (χ2n) is 6.74. The number of nitrogens with one attached hydrogen (secondary N) is 1. The molecule has 0 fully saturated rings. The fourth-order valence-electron chi connectivity index (χ4n) is 3.44. The molecule has 0 saturated heterocycles. The summed E-state index contributed by atoms with van der Waals surface area (Å²) in [6.07, 6.45) is 6.63. The molecule has 0 bridgehead atoms. The van der Waals surface area contributed by atoms with E-state index < -0.39 is 0 Å². The number of halogens is 1. The normalized spacial score (nSPS) is 13.8. The molecule has 2 heterocycles. The Morgan fingerprint density at radius 2 is 2.12 bits per heavy atom. The van der Waals surface area contributed by atoms with Crippen LogP contribution in [0.25, 0.3) is 10.1 Å². The van der Waals surface area contributed by atoms with E-state index in [1.165, 1.54) is 58.3 Å². The molecule has 1 aliphatic carbocycles. The number of rotatable bonds is 5. The van der Waals surface area contributed by atoms with Crippen molar-refractivity contribution in [2.24, 2.45) is 0 Å². The third-order valence-electron chi connectivity index (χ3n) is 4.85. The van der Waals surface area contributed by atoms with Crippen LogP contribution in [-0.2, 0) is 19.3 Å². The Labute approximate surface area is 160 Å². The van der Waals surface area contributed by atoms with Gasteiger partial charge in [-0.15, -0.1) is 22.7 Å². The molecule has 136 valence electrons. The van der Waals surface area contributed by atoms with Crippen molar-refractivity contribution in [3.8, 4) is 0 Å². The standard InChI is InChI=1S/C20H21FN2OS2/c1-12-14-11-13(21)8-9-16(14)26-19(12)20(24)22-10-4-7-18-23-15-5-2-3-6-17(15)25-18/h8-9,11H,2-7,10H2,1H3,(H,22,24). The van der Waals surface area contributed by atoms with Gasteiger partial charge in [0.2, 0.25) is 0 Å². The van der Waals surface area contributed by atoms with Crippen molar-refractivity contribution in [3.05, 3.63) is 50.0 Å². The van der Waals surface area contributed by atoms with Crippen molar-refractivity contribution in [1.82, 2.24) is 10.3 Å². The fraction of sp³-hybridized carbons (Fsp3) is 0.400. The Morgan fingerprint density at radius 1 is 1.27 bits per heavy atom. The number of benzene rings is 1. The summed E-state index contributed by atoms with van der Waals surface area (Å²) in [5.74, 6) is -0.334. The Bertz CT molecular complexity index is 937. The molecule has 4 rings (SSSR count). The van der Waals surface area contributed by atoms with Crippen LogP contribution in [0.1, 0.15) is 50.1 Å². The highest BCUT2D eigenvalue weighted by Crippen LogP contribution is 2.31. The topological polar surface area (TPSA) is 42.0 Å². The summed E-state index contributed by atoms with van der Waals surface area (Å²) in [6, 6.07) is 4.68. The first kappa shape index (κ1) is 17.6. The van der Waals surface area contributed by atoms with Gasteiger partial charge in [0.1, 0.15) is 5.82 Å². The van der Waals surface area contributed by atoms with Gasteiger partial charge in [0.05, 0.1) is 15.6 Å². The minimum absolute atomic E-state index is 0.0671. The summed E-state index contributed by atoms with van der Waals surface area (Å²) >= 11 is 3.26. The number of thiazole rings is 1. The lowest BCUT2D eigenvalue weighted by Crippen LogP contribution is -2.24. The Kier molecular flexibility index (Phi) is 5.05. The monoisotopic (exact) mass is 388 g/mol. The number of amides is 1. The second-order valence-corrected chi connectivity index (χ2v) is 8.96. The zero-order valence-corrected chi connectivity index (χ0v) is 16.4. The zero-order chi connectivity index (χ0) is 18.1. The van der Waals surface area contributed by atoms with Gasteiger partial charge in [-0.25, -0.2) is 9.37 Å². The van der Waals surface area contributed by atoms with Crippen LogP contribution in [0.3, 0.4) is 0 Å². The molecule has 2 aromatic heterocycles. The third kappa shape index (κ3) is 3.53. The van der Waals surface area contributed by atoms with Crippen LogP contribution < -0.4 is 5.32 Å². The summed E-state index contributed by atoms with van der Waals surface area (Å²) in [6.45, 7) is 2.51. The molecule has 0 atom stereocenters. The lowest BCUT2D eigenvalue weighted by Gasteiger charge is -2.06. The van der Waals surface area contributed by atoms with Crippen molar-refractivity contribution < 1.29 is 9.18 Å². The van der Waals surface area contributed by atoms with Crippen LogP contribution in [0.4, 0.5) is 4.39 Å². The highest BCUT2D eigenvalue weighted by Gasteiger charge is 2.17. The van der Waals surface area contributed by atoms with Crippen molar-refractivity contribution in [1.29, 1.82) is 0 Å². The second kappa shape index (κ2) is 7.45. The van der Waals surface area contributed by atoms with Gasteiger partial charge in [-0.05, 0) is 68.2 Å². The van der Waals surface area contributed by atoms with Gasteiger partial charge < -0.3 is 5.32 Å². The summed E-state index contributed by atoms with van der Waals surface area (Å²) in [5, 5.41) is 5.02. The number of aryl methyl sites for hydroxylation is 4. The SMILES string of the molecule is Cc1c(C(=O)NCCCc2nc3c(s2)CCCC3)sc2ccc(F)cc12. The molecule has 0 aliphatic heterocycles. The molecule has 3 aromatic rings. The average molecular weight is 389 g/mol. The van der Waals surface area contributed by atoms with Crippen molar-refractivity contribution in [2.75, 3.05) is 6.54 Å². The highest BCUT2D eigenvalue weighted by atomic mass is 32.1. The molecule has 0 spiro atoms. The maximum absolute atomic E-state index is 13.4. The largest absolute Gasteiger partial charge is 0.351 e. The van der Waals surface area contributed by atoms with E-state index in [2.05, 4.69) is 5.32 Å². The lowest BCUT2D eigenvalue weighted by atomic mass is 10.0. The van der Waals surface area contributed by atoms with E-state index in [-0.39, 0.29) is 11.7 Å². The van der Waals surface area contributed by atoms with Crippen LogP contribution in [-0.4, -0.2) is 17.4 Å². The molecule has 0 saturated carbocycles. The maximum atomic E-state index is 13.4. The van der Waals surface area contributed by atoms with Crippen molar-refractivity contribution in [3.63, 3.8) is 0 Å².